The van der Waals surface area contributed by atoms with E-state index in [0.29, 0.717) is 0 Å². The third kappa shape index (κ3) is 1.74. The van der Waals surface area contributed by atoms with Gasteiger partial charge in [-0.2, -0.15) is 0 Å². The predicted molar refractivity (Wildman–Crippen MR) is 77.1 cm³/mol. The van der Waals surface area contributed by atoms with Crippen molar-refractivity contribution in [2.75, 3.05) is 0 Å². The molecular formula is C15H15ClSi. The van der Waals surface area contributed by atoms with Crippen molar-refractivity contribution in [2.24, 2.45) is 0 Å². The molecule has 0 saturated carbocycles. The van der Waals surface area contributed by atoms with Gasteiger partial charge in [-0.15, -0.1) is 11.1 Å². The minimum Gasteiger partial charge on any atom is -0.150 e. The van der Waals surface area contributed by atoms with Gasteiger partial charge < -0.3 is 0 Å². The van der Waals surface area contributed by atoms with Gasteiger partial charge in [0.05, 0.1) is 0 Å². The molecule has 2 heteroatoms. The van der Waals surface area contributed by atoms with E-state index in [0.717, 1.165) is 19.3 Å². The zero-order valence-electron chi connectivity index (χ0n) is 9.70. The van der Waals surface area contributed by atoms with Crippen LogP contribution in [-0.2, 0) is 0 Å². The van der Waals surface area contributed by atoms with Crippen molar-refractivity contribution < 1.29 is 0 Å². The highest BCUT2D eigenvalue weighted by Gasteiger charge is 2.42. The molecule has 0 nitrogen and oxygen atoms in total. The molecule has 0 unspecified atom stereocenters. The van der Waals surface area contributed by atoms with E-state index in [9.17, 15) is 0 Å². The summed E-state index contributed by atoms with van der Waals surface area (Å²) in [6, 6.07) is 0. The minimum absolute atomic E-state index is 1.03. The molecule has 3 aliphatic rings. The second kappa shape index (κ2) is 4.32. The molecule has 0 spiro atoms. The largest absolute Gasteiger partial charge is 0.237 e. The Morgan fingerprint density at radius 1 is 0.706 bits per heavy atom. The van der Waals surface area contributed by atoms with Gasteiger partial charge >= 0.3 is 0 Å². The number of hydrogen-bond acceptors (Lipinski definition) is 0. The normalized spacial score (nSPS) is 22.1. The van der Waals surface area contributed by atoms with E-state index in [1.165, 1.54) is 15.6 Å². The van der Waals surface area contributed by atoms with Crippen LogP contribution < -0.4 is 0 Å². The first-order valence-corrected chi connectivity index (χ1v) is 9.10. The van der Waals surface area contributed by atoms with E-state index in [1.807, 2.05) is 0 Å². The summed E-state index contributed by atoms with van der Waals surface area (Å²) in [7, 11) is -2.08. The molecule has 0 fully saturated rings. The van der Waals surface area contributed by atoms with Gasteiger partial charge in [0.25, 0.3) is 0 Å². The molecule has 0 saturated heterocycles. The quantitative estimate of drug-likeness (QED) is 0.518. The summed E-state index contributed by atoms with van der Waals surface area (Å²) in [5, 5.41) is 4.34. The molecule has 0 aliphatic heterocycles. The van der Waals surface area contributed by atoms with Gasteiger partial charge in [-0.3, -0.25) is 0 Å². The maximum absolute atomic E-state index is 7.17. The molecule has 0 amide bonds. The summed E-state index contributed by atoms with van der Waals surface area (Å²) in [4.78, 5) is 0. The standard InChI is InChI=1S/C15H15ClSi/c16-17(13-7-1-2-8-13,14-9-3-4-10-14)15-11-5-6-12-15/h1-7,9,11H,8,10,12H2. The zero-order chi connectivity index (χ0) is 11.7. The lowest BCUT2D eigenvalue weighted by Gasteiger charge is -2.29. The van der Waals surface area contributed by atoms with Crippen molar-refractivity contribution in [2.45, 2.75) is 19.3 Å². The van der Waals surface area contributed by atoms with Crippen molar-refractivity contribution in [3.8, 4) is 0 Å². The highest BCUT2D eigenvalue weighted by atomic mass is 35.6. The Bertz CT molecular complexity index is 441. The third-order valence-electron chi connectivity index (χ3n) is 3.64. The minimum atomic E-state index is -2.08. The molecule has 0 aromatic rings. The van der Waals surface area contributed by atoms with Gasteiger partial charge in [0.15, 0.2) is 0 Å². The van der Waals surface area contributed by atoms with Crippen LogP contribution in [0.4, 0.5) is 0 Å². The molecule has 17 heavy (non-hydrogen) atoms. The van der Waals surface area contributed by atoms with Gasteiger partial charge in [0.1, 0.15) is 0 Å². The van der Waals surface area contributed by atoms with Crippen molar-refractivity contribution >= 4 is 18.5 Å². The van der Waals surface area contributed by atoms with Crippen LogP contribution in [0.5, 0.6) is 0 Å². The Labute approximate surface area is 108 Å². The summed E-state index contributed by atoms with van der Waals surface area (Å²) in [5.41, 5.74) is 0. The molecule has 0 heterocycles. The lowest BCUT2D eigenvalue weighted by atomic mass is 10.4. The second-order valence-corrected chi connectivity index (χ2v) is 9.58. The fourth-order valence-electron chi connectivity index (χ4n) is 2.73. The highest BCUT2D eigenvalue weighted by Crippen LogP contribution is 2.43. The summed E-state index contributed by atoms with van der Waals surface area (Å²) < 4.78 is 0. The van der Waals surface area contributed by atoms with E-state index in [1.54, 1.807) is 0 Å². The van der Waals surface area contributed by atoms with Crippen molar-refractivity contribution in [1.82, 2.24) is 0 Å². The van der Waals surface area contributed by atoms with Crippen LogP contribution in [-0.4, -0.2) is 7.38 Å². The third-order valence-corrected chi connectivity index (χ3v) is 9.59. The summed E-state index contributed by atoms with van der Waals surface area (Å²) in [6.07, 6.45) is 22.9. The first kappa shape index (κ1) is 11.1. The Kier molecular flexibility index (Phi) is 2.81. The summed E-state index contributed by atoms with van der Waals surface area (Å²) in [5.74, 6) is 0. The average Bonchev–Trinajstić information content (AvgIpc) is 3.10. The van der Waals surface area contributed by atoms with Crippen LogP contribution in [0.1, 0.15) is 19.3 Å². The summed E-state index contributed by atoms with van der Waals surface area (Å²) >= 11 is 7.17. The van der Waals surface area contributed by atoms with Crippen molar-refractivity contribution in [3.05, 3.63) is 70.3 Å². The fraction of sp³-hybridized carbons (Fsp3) is 0.200. The number of rotatable bonds is 3. The number of halogens is 1. The maximum Gasteiger partial charge on any atom is 0.237 e. The Balaban J connectivity index is 2.01. The molecule has 0 radical (unpaired) electrons. The van der Waals surface area contributed by atoms with Gasteiger partial charge in [0, 0.05) is 0 Å². The molecule has 0 N–H and O–H groups in total. The average molecular weight is 259 g/mol. The molecule has 0 atom stereocenters. The number of allylic oxidation sites excluding steroid dienone is 12. The molecule has 3 aliphatic carbocycles. The van der Waals surface area contributed by atoms with Gasteiger partial charge in [-0.25, -0.2) is 0 Å². The molecule has 0 bridgehead atoms. The van der Waals surface area contributed by atoms with E-state index < -0.39 is 7.38 Å². The van der Waals surface area contributed by atoms with Crippen LogP contribution >= 0.6 is 11.1 Å². The smallest absolute Gasteiger partial charge is 0.150 e. The van der Waals surface area contributed by atoms with E-state index >= 15 is 0 Å². The maximum atomic E-state index is 7.17. The Morgan fingerprint density at radius 2 is 1.06 bits per heavy atom. The van der Waals surface area contributed by atoms with Crippen LogP contribution in [0.25, 0.3) is 0 Å². The predicted octanol–water partition coefficient (Wildman–Crippen LogP) is 4.45. The van der Waals surface area contributed by atoms with E-state index in [2.05, 4.69) is 54.7 Å². The second-order valence-electron chi connectivity index (χ2n) is 4.63. The van der Waals surface area contributed by atoms with E-state index in [4.69, 9.17) is 11.1 Å². The van der Waals surface area contributed by atoms with Crippen LogP contribution in [0.3, 0.4) is 0 Å². The van der Waals surface area contributed by atoms with Gasteiger partial charge in [-0.05, 0) is 19.3 Å². The molecule has 0 aromatic heterocycles. The lowest BCUT2D eigenvalue weighted by molar-refractivity contribution is 1.28. The molecule has 86 valence electrons. The number of hydrogen-bond donors (Lipinski definition) is 0. The van der Waals surface area contributed by atoms with Crippen LogP contribution in [0.15, 0.2) is 70.3 Å². The highest BCUT2D eigenvalue weighted by molar-refractivity contribution is 7.32. The SMILES string of the molecule is Cl[Si](C1=CC=CC1)(C1=CC=CC1)C1=CC=CC1. The van der Waals surface area contributed by atoms with E-state index in [-0.39, 0.29) is 0 Å². The first-order valence-electron chi connectivity index (χ1n) is 6.09. The van der Waals surface area contributed by atoms with Crippen molar-refractivity contribution in [3.63, 3.8) is 0 Å². The fourth-order valence-corrected chi connectivity index (χ4v) is 7.40. The monoisotopic (exact) mass is 258 g/mol. The topological polar surface area (TPSA) is 0 Å². The Morgan fingerprint density at radius 3 is 1.29 bits per heavy atom. The van der Waals surface area contributed by atoms with Crippen LogP contribution in [0.2, 0.25) is 0 Å². The van der Waals surface area contributed by atoms with Gasteiger partial charge in [-0.1, -0.05) is 70.3 Å². The van der Waals surface area contributed by atoms with Crippen LogP contribution in [0, 0.1) is 0 Å². The van der Waals surface area contributed by atoms with Gasteiger partial charge in [0.2, 0.25) is 7.38 Å². The molecule has 0 aromatic carbocycles. The molecule has 3 rings (SSSR count). The Hall–Kier alpha value is -1.05. The summed E-state index contributed by atoms with van der Waals surface area (Å²) in [6.45, 7) is 0. The molecular weight excluding hydrogens is 244 g/mol. The first-order chi connectivity index (χ1) is 8.32. The lowest BCUT2D eigenvalue weighted by Crippen LogP contribution is -2.35. The van der Waals surface area contributed by atoms with Crippen molar-refractivity contribution in [1.29, 1.82) is 0 Å². The zero-order valence-corrected chi connectivity index (χ0v) is 11.5.